The first-order valence-electron chi connectivity index (χ1n) is 5.22. The molecule has 9 heteroatoms. The molecule has 112 valence electrons. The summed E-state index contributed by atoms with van der Waals surface area (Å²) in [5, 5.41) is 10.4. The van der Waals surface area contributed by atoms with Crippen molar-refractivity contribution in [3.8, 4) is 0 Å². The number of hydrogen-bond acceptors (Lipinski definition) is 2. The van der Waals surface area contributed by atoms with Crippen molar-refractivity contribution in [2.75, 3.05) is 6.54 Å². The Morgan fingerprint density at radius 3 is 2.00 bits per heavy atom. The van der Waals surface area contributed by atoms with E-state index in [4.69, 9.17) is 5.11 Å². The number of aliphatic hydroxyl groups excluding tert-OH is 1. The maximum atomic E-state index is 12.2. The van der Waals surface area contributed by atoms with Crippen LogP contribution < -0.4 is 5.32 Å². The molecule has 0 bridgehead atoms. The van der Waals surface area contributed by atoms with E-state index in [1.54, 1.807) is 5.32 Å². The van der Waals surface area contributed by atoms with E-state index in [0.29, 0.717) is 12.1 Å². The molecule has 1 rings (SSSR count). The summed E-state index contributed by atoms with van der Waals surface area (Å²) in [5.74, 6) is -1.01. The SMILES string of the molecule is O=C(NCC(O)C(F)(F)F)c1ccc(C(F)(F)F)cc1. The fourth-order valence-electron chi connectivity index (χ4n) is 1.22. The van der Waals surface area contributed by atoms with Crippen LogP contribution in [0.1, 0.15) is 15.9 Å². The molecule has 1 aromatic carbocycles. The Hall–Kier alpha value is -1.77. The monoisotopic (exact) mass is 301 g/mol. The standard InChI is InChI=1S/C11H9F6NO2/c12-10(13,14)7-3-1-6(2-4-7)9(20)18-5-8(19)11(15,16)17/h1-4,8,19H,5H2,(H,18,20). The van der Waals surface area contributed by atoms with Crippen LogP contribution >= 0.6 is 0 Å². The number of carbonyl (C=O) groups is 1. The number of halogens is 6. The first-order valence-corrected chi connectivity index (χ1v) is 5.22. The summed E-state index contributed by atoms with van der Waals surface area (Å²) >= 11 is 0. The predicted molar refractivity (Wildman–Crippen MR) is 55.8 cm³/mol. The fraction of sp³-hybridized carbons (Fsp3) is 0.364. The van der Waals surface area contributed by atoms with E-state index in [1.165, 1.54) is 0 Å². The van der Waals surface area contributed by atoms with Crippen LogP contribution in [0.4, 0.5) is 26.3 Å². The summed E-state index contributed by atoms with van der Waals surface area (Å²) in [5.41, 5.74) is -1.23. The molecule has 1 aromatic rings. The molecule has 0 aromatic heterocycles. The third-order valence-electron chi connectivity index (χ3n) is 2.31. The zero-order valence-corrected chi connectivity index (χ0v) is 9.72. The van der Waals surface area contributed by atoms with Gasteiger partial charge < -0.3 is 10.4 Å². The van der Waals surface area contributed by atoms with Gasteiger partial charge >= 0.3 is 12.4 Å². The molecule has 0 radical (unpaired) electrons. The zero-order valence-electron chi connectivity index (χ0n) is 9.72. The van der Waals surface area contributed by atoms with Gasteiger partial charge in [-0.1, -0.05) is 0 Å². The molecule has 0 aliphatic heterocycles. The normalized spacial score (nSPS) is 13.9. The van der Waals surface area contributed by atoms with Gasteiger partial charge in [-0.25, -0.2) is 0 Å². The Bertz CT molecular complexity index is 465. The Kier molecular flexibility index (Phi) is 4.64. The second-order valence-electron chi connectivity index (χ2n) is 3.84. The van der Waals surface area contributed by atoms with Crippen molar-refractivity contribution in [1.82, 2.24) is 5.32 Å². The van der Waals surface area contributed by atoms with Gasteiger partial charge in [-0.3, -0.25) is 4.79 Å². The lowest BCUT2D eigenvalue weighted by molar-refractivity contribution is -0.201. The largest absolute Gasteiger partial charge is 0.416 e. The minimum Gasteiger partial charge on any atom is -0.382 e. The molecule has 0 spiro atoms. The number of amides is 1. The lowest BCUT2D eigenvalue weighted by Gasteiger charge is -2.15. The highest BCUT2D eigenvalue weighted by molar-refractivity contribution is 5.94. The number of carbonyl (C=O) groups excluding carboxylic acids is 1. The lowest BCUT2D eigenvalue weighted by Crippen LogP contribution is -2.40. The molecule has 3 nitrogen and oxygen atoms in total. The Morgan fingerprint density at radius 1 is 1.10 bits per heavy atom. The van der Waals surface area contributed by atoms with E-state index < -0.39 is 36.5 Å². The van der Waals surface area contributed by atoms with Gasteiger partial charge in [0.2, 0.25) is 0 Å². The highest BCUT2D eigenvalue weighted by Crippen LogP contribution is 2.29. The van der Waals surface area contributed by atoms with Crippen LogP contribution in [0.15, 0.2) is 24.3 Å². The number of alkyl halides is 6. The van der Waals surface area contributed by atoms with Crippen molar-refractivity contribution < 1.29 is 36.2 Å². The maximum absolute atomic E-state index is 12.2. The second-order valence-corrected chi connectivity index (χ2v) is 3.84. The number of rotatable bonds is 3. The summed E-state index contributed by atoms with van der Waals surface area (Å²) in [7, 11) is 0. The summed E-state index contributed by atoms with van der Waals surface area (Å²) in [4.78, 5) is 11.4. The molecule has 2 N–H and O–H groups in total. The second kappa shape index (κ2) is 5.70. The average molecular weight is 301 g/mol. The van der Waals surface area contributed by atoms with Crippen LogP contribution in [0.3, 0.4) is 0 Å². The van der Waals surface area contributed by atoms with Crippen molar-refractivity contribution in [2.45, 2.75) is 18.5 Å². The van der Waals surface area contributed by atoms with E-state index >= 15 is 0 Å². The minimum atomic E-state index is -4.88. The van der Waals surface area contributed by atoms with Crippen LogP contribution in [0.25, 0.3) is 0 Å². The van der Waals surface area contributed by atoms with Crippen molar-refractivity contribution in [1.29, 1.82) is 0 Å². The van der Waals surface area contributed by atoms with Crippen LogP contribution in [0, 0.1) is 0 Å². The van der Waals surface area contributed by atoms with Gasteiger partial charge in [0.15, 0.2) is 6.10 Å². The van der Waals surface area contributed by atoms with Gasteiger partial charge in [-0.2, -0.15) is 26.3 Å². The summed E-state index contributed by atoms with van der Waals surface area (Å²) in [6.45, 7) is -1.08. The Balaban J connectivity index is 2.65. The van der Waals surface area contributed by atoms with Crippen LogP contribution in [-0.2, 0) is 6.18 Å². The van der Waals surface area contributed by atoms with Gasteiger partial charge in [0.1, 0.15) is 0 Å². The van der Waals surface area contributed by atoms with Crippen LogP contribution in [0.5, 0.6) is 0 Å². The smallest absolute Gasteiger partial charge is 0.382 e. The third-order valence-corrected chi connectivity index (χ3v) is 2.31. The topological polar surface area (TPSA) is 49.3 Å². The molecule has 0 saturated carbocycles. The molecule has 1 amide bonds. The highest BCUT2D eigenvalue weighted by Gasteiger charge is 2.38. The van der Waals surface area contributed by atoms with Gasteiger partial charge in [0.25, 0.3) is 5.91 Å². The van der Waals surface area contributed by atoms with E-state index in [9.17, 15) is 31.1 Å². The maximum Gasteiger partial charge on any atom is 0.416 e. The molecule has 0 heterocycles. The van der Waals surface area contributed by atoms with E-state index in [0.717, 1.165) is 12.1 Å². The van der Waals surface area contributed by atoms with Crippen LogP contribution in [-0.4, -0.2) is 29.8 Å². The number of nitrogens with one attached hydrogen (secondary N) is 1. The number of aliphatic hydroxyl groups is 1. The van der Waals surface area contributed by atoms with Crippen molar-refractivity contribution in [3.63, 3.8) is 0 Å². The van der Waals surface area contributed by atoms with Gasteiger partial charge in [0, 0.05) is 5.56 Å². The van der Waals surface area contributed by atoms with E-state index in [2.05, 4.69) is 0 Å². The van der Waals surface area contributed by atoms with Crippen molar-refractivity contribution in [2.24, 2.45) is 0 Å². The molecule has 0 saturated heterocycles. The van der Waals surface area contributed by atoms with Crippen molar-refractivity contribution >= 4 is 5.91 Å². The van der Waals surface area contributed by atoms with Crippen LogP contribution in [0.2, 0.25) is 0 Å². The Labute approximate surface area is 109 Å². The van der Waals surface area contributed by atoms with E-state index in [-0.39, 0.29) is 5.56 Å². The molecular weight excluding hydrogens is 292 g/mol. The summed E-state index contributed by atoms with van der Waals surface area (Å²) in [6.07, 6.45) is -12.2. The van der Waals surface area contributed by atoms with E-state index in [1.807, 2.05) is 0 Å². The zero-order chi connectivity index (χ0) is 15.6. The third kappa shape index (κ3) is 4.41. The summed E-state index contributed by atoms with van der Waals surface area (Å²) < 4.78 is 72.6. The molecule has 1 atom stereocenters. The number of hydrogen-bond donors (Lipinski definition) is 2. The Morgan fingerprint density at radius 2 is 1.60 bits per heavy atom. The first kappa shape index (κ1) is 16.3. The number of benzene rings is 1. The predicted octanol–water partition coefficient (Wildman–Crippen LogP) is 2.36. The van der Waals surface area contributed by atoms with Gasteiger partial charge in [-0.15, -0.1) is 0 Å². The molecule has 0 aliphatic rings. The highest BCUT2D eigenvalue weighted by atomic mass is 19.4. The fourth-order valence-corrected chi connectivity index (χ4v) is 1.22. The van der Waals surface area contributed by atoms with Gasteiger partial charge in [0.05, 0.1) is 12.1 Å². The molecule has 0 fully saturated rings. The molecular formula is C11H9F6NO2. The minimum absolute atomic E-state index is 0.243. The first-order chi connectivity index (χ1) is 9.01. The molecule has 0 aliphatic carbocycles. The average Bonchev–Trinajstić information content (AvgIpc) is 2.33. The molecule has 1 unspecified atom stereocenters. The summed E-state index contributed by atoms with van der Waals surface area (Å²) in [6, 6.07) is 2.93. The molecule has 20 heavy (non-hydrogen) atoms. The lowest BCUT2D eigenvalue weighted by atomic mass is 10.1. The van der Waals surface area contributed by atoms with Gasteiger partial charge in [-0.05, 0) is 24.3 Å². The quantitative estimate of drug-likeness (QED) is 0.842. The van der Waals surface area contributed by atoms with Crippen molar-refractivity contribution in [3.05, 3.63) is 35.4 Å².